The minimum atomic E-state index is -0.764. The lowest BCUT2D eigenvalue weighted by molar-refractivity contribution is -0.137. The number of nitrogens with zero attached hydrogens (tertiary/aromatic N) is 4. The Morgan fingerprint density at radius 1 is 1.40 bits per heavy atom. The van der Waals surface area contributed by atoms with Crippen LogP contribution in [0, 0.1) is 18.3 Å². The van der Waals surface area contributed by atoms with Crippen LogP contribution in [0.1, 0.15) is 17.7 Å². The van der Waals surface area contributed by atoms with Crippen LogP contribution in [0.2, 0.25) is 0 Å². The topological polar surface area (TPSA) is 80.5 Å². The van der Waals surface area contributed by atoms with Crippen molar-refractivity contribution in [2.24, 2.45) is 0 Å². The average molecular weight is 274 g/mol. The molecule has 0 aliphatic carbocycles. The normalized spacial score (nSPS) is 15.9. The third-order valence-electron chi connectivity index (χ3n) is 3.45. The zero-order chi connectivity index (χ0) is 14.5. The summed E-state index contributed by atoms with van der Waals surface area (Å²) in [6.45, 7) is 5.63. The molecule has 0 amide bonds. The molecule has 6 heteroatoms. The molecular weight excluding hydrogens is 256 g/mol. The van der Waals surface area contributed by atoms with Gasteiger partial charge in [0.25, 0.3) is 0 Å². The molecule has 1 aromatic heterocycles. The third-order valence-corrected chi connectivity index (χ3v) is 3.45. The summed E-state index contributed by atoms with van der Waals surface area (Å²) in [4.78, 5) is 19.3. The van der Waals surface area contributed by atoms with E-state index in [1.54, 1.807) is 6.07 Å². The molecule has 0 bridgehead atoms. The number of hydrogen-bond donors (Lipinski definition) is 1. The molecular formula is C14H18N4O2. The van der Waals surface area contributed by atoms with E-state index in [0.717, 1.165) is 37.7 Å². The van der Waals surface area contributed by atoms with Gasteiger partial charge in [-0.3, -0.25) is 9.69 Å². The van der Waals surface area contributed by atoms with E-state index < -0.39 is 5.97 Å². The number of hydrogen-bond acceptors (Lipinski definition) is 5. The van der Waals surface area contributed by atoms with E-state index in [-0.39, 0.29) is 6.42 Å². The number of anilines is 1. The first kappa shape index (κ1) is 14.3. The summed E-state index contributed by atoms with van der Waals surface area (Å²) in [5.74, 6) is -0.0232. The van der Waals surface area contributed by atoms with Crippen LogP contribution >= 0.6 is 0 Å². The Hall–Kier alpha value is -2.13. The van der Waals surface area contributed by atoms with Gasteiger partial charge in [0.15, 0.2) is 0 Å². The van der Waals surface area contributed by atoms with Gasteiger partial charge < -0.3 is 10.0 Å². The highest BCUT2D eigenvalue weighted by Gasteiger charge is 2.20. The number of rotatable bonds is 4. The number of aryl methyl sites for hydroxylation is 1. The molecule has 0 aromatic carbocycles. The van der Waals surface area contributed by atoms with E-state index in [0.29, 0.717) is 12.1 Å². The Morgan fingerprint density at radius 3 is 2.70 bits per heavy atom. The standard InChI is InChI=1S/C14H18N4O2/c1-11-2-3-12(10-15)14(16-11)18-8-6-17(7-9-18)5-4-13(19)20/h2-3H,4-9H2,1H3,(H,19,20). The summed E-state index contributed by atoms with van der Waals surface area (Å²) in [6.07, 6.45) is 0.173. The van der Waals surface area contributed by atoms with Crippen molar-refractivity contribution < 1.29 is 9.90 Å². The number of aliphatic carboxylic acids is 1. The summed E-state index contributed by atoms with van der Waals surface area (Å²) in [5, 5.41) is 17.8. The molecule has 1 aliphatic rings. The molecule has 1 fully saturated rings. The molecule has 2 rings (SSSR count). The van der Waals surface area contributed by atoms with Crippen molar-refractivity contribution >= 4 is 11.8 Å². The largest absolute Gasteiger partial charge is 0.481 e. The van der Waals surface area contributed by atoms with Gasteiger partial charge in [0.1, 0.15) is 11.9 Å². The molecule has 20 heavy (non-hydrogen) atoms. The minimum absolute atomic E-state index is 0.173. The second-order valence-electron chi connectivity index (χ2n) is 4.91. The van der Waals surface area contributed by atoms with Gasteiger partial charge in [-0.1, -0.05) is 0 Å². The van der Waals surface area contributed by atoms with Crippen LogP contribution in [-0.2, 0) is 4.79 Å². The first-order valence-electron chi connectivity index (χ1n) is 6.67. The van der Waals surface area contributed by atoms with Crippen molar-refractivity contribution in [3.63, 3.8) is 0 Å². The molecule has 0 spiro atoms. The number of pyridine rings is 1. The summed E-state index contributed by atoms with van der Waals surface area (Å²) < 4.78 is 0. The van der Waals surface area contributed by atoms with Crippen LogP contribution in [0.15, 0.2) is 12.1 Å². The Morgan fingerprint density at radius 2 is 2.10 bits per heavy atom. The molecule has 2 heterocycles. The Balaban J connectivity index is 1.99. The second-order valence-corrected chi connectivity index (χ2v) is 4.91. The fraction of sp³-hybridized carbons (Fsp3) is 0.500. The highest BCUT2D eigenvalue weighted by atomic mass is 16.4. The highest BCUT2D eigenvalue weighted by Crippen LogP contribution is 2.19. The fourth-order valence-electron chi connectivity index (χ4n) is 2.31. The number of aromatic nitrogens is 1. The van der Waals surface area contributed by atoms with Crippen LogP contribution in [0.3, 0.4) is 0 Å². The van der Waals surface area contributed by atoms with Gasteiger partial charge in [0.05, 0.1) is 12.0 Å². The van der Waals surface area contributed by atoms with Gasteiger partial charge in [-0.05, 0) is 19.1 Å². The van der Waals surface area contributed by atoms with Crippen molar-refractivity contribution in [1.29, 1.82) is 5.26 Å². The average Bonchev–Trinajstić information content (AvgIpc) is 2.45. The van der Waals surface area contributed by atoms with Gasteiger partial charge in [0.2, 0.25) is 0 Å². The van der Waals surface area contributed by atoms with Crippen molar-refractivity contribution in [3.8, 4) is 6.07 Å². The third kappa shape index (κ3) is 3.45. The smallest absolute Gasteiger partial charge is 0.304 e. The molecule has 0 unspecified atom stereocenters. The summed E-state index contributed by atoms with van der Waals surface area (Å²) in [6, 6.07) is 5.81. The minimum Gasteiger partial charge on any atom is -0.481 e. The van der Waals surface area contributed by atoms with E-state index >= 15 is 0 Å². The molecule has 0 atom stereocenters. The molecule has 1 N–H and O–H groups in total. The number of nitriles is 1. The molecule has 6 nitrogen and oxygen atoms in total. The predicted octanol–water partition coefficient (Wildman–Crippen LogP) is 0.858. The van der Waals surface area contributed by atoms with Gasteiger partial charge in [-0.2, -0.15) is 5.26 Å². The second kappa shape index (κ2) is 6.35. The van der Waals surface area contributed by atoms with Crippen molar-refractivity contribution in [2.75, 3.05) is 37.6 Å². The number of carboxylic acid groups (broad SMARTS) is 1. The van der Waals surface area contributed by atoms with Crippen LogP contribution in [0.25, 0.3) is 0 Å². The SMILES string of the molecule is Cc1ccc(C#N)c(N2CCN(CCC(=O)O)CC2)n1. The van der Waals surface area contributed by atoms with E-state index in [9.17, 15) is 4.79 Å². The van der Waals surface area contributed by atoms with Gasteiger partial charge in [-0.15, -0.1) is 0 Å². The van der Waals surface area contributed by atoms with E-state index in [1.807, 2.05) is 13.0 Å². The van der Waals surface area contributed by atoms with Crippen LogP contribution < -0.4 is 4.90 Å². The predicted molar refractivity (Wildman–Crippen MR) is 74.6 cm³/mol. The van der Waals surface area contributed by atoms with Gasteiger partial charge in [-0.25, -0.2) is 4.98 Å². The Kier molecular flexibility index (Phi) is 4.53. The van der Waals surface area contributed by atoms with Crippen LogP contribution in [-0.4, -0.2) is 53.7 Å². The zero-order valence-electron chi connectivity index (χ0n) is 11.5. The summed E-state index contributed by atoms with van der Waals surface area (Å²) in [5.41, 5.74) is 1.49. The van der Waals surface area contributed by atoms with Crippen molar-refractivity contribution in [3.05, 3.63) is 23.4 Å². The first-order chi connectivity index (χ1) is 9.60. The maximum absolute atomic E-state index is 10.6. The monoisotopic (exact) mass is 274 g/mol. The quantitative estimate of drug-likeness (QED) is 0.877. The van der Waals surface area contributed by atoms with Crippen LogP contribution in [0.5, 0.6) is 0 Å². The molecule has 0 saturated carbocycles. The number of piperazine rings is 1. The van der Waals surface area contributed by atoms with E-state index in [4.69, 9.17) is 10.4 Å². The lowest BCUT2D eigenvalue weighted by Crippen LogP contribution is -2.47. The van der Waals surface area contributed by atoms with Crippen molar-refractivity contribution in [1.82, 2.24) is 9.88 Å². The van der Waals surface area contributed by atoms with E-state index in [1.165, 1.54) is 0 Å². The number of carboxylic acids is 1. The maximum atomic E-state index is 10.6. The fourth-order valence-corrected chi connectivity index (χ4v) is 2.31. The van der Waals surface area contributed by atoms with Crippen LogP contribution in [0.4, 0.5) is 5.82 Å². The summed E-state index contributed by atoms with van der Waals surface area (Å²) >= 11 is 0. The molecule has 1 aliphatic heterocycles. The Labute approximate surface area is 118 Å². The van der Waals surface area contributed by atoms with Gasteiger partial charge in [0, 0.05) is 38.4 Å². The molecule has 106 valence electrons. The lowest BCUT2D eigenvalue weighted by atomic mass is 10.2. The van der Waals surface area contributed by atoms with E-state index in [2.05, 4.69) is 20.9 Å². The zero-order valence-corrected chi connectivity index (χ0v) is 11.5. The Bertz CT molecular complexity index is 530. The highest BCUT2D eigenvalue weighted by molar-refractivity contribution is 5.66. The molecule has 1 aromatic rings. The number of carbonyl (C=O) groups is 1. The van der Waals surface area contributed by atoms with Crippen molar-refractivity contribution in [2.45, 2.75) is 13.3 Å². The molecule has 0 radical (unpaired) electrons. The van der Waals surface area contributed by atoms with Gasteiger partial charge >= 0.3 is 5.97 Å². The summed E-state index contributed by atoms with van der Waals surface area (Å²) in [7, 11) is 0. The lowest BCUT2D eigenvalue weighted by Gasteiger charge is -2.35. The maximum Gasteiger partial charge on any atom is 0.304 e. The first-order valence-corrected chi connectivity index (χ1v) is 6.67. The molecule has 1 saturated heterocycles.